The van der Waals surface area contributed by atoms with Crippen LogP contribution in [-0.4, -0.2) is 11.8 Å². The maximum atomic E-state index is 13.6. The Kier molecular flexibility index (Phi) is 5.51. The second-order valence-corrected chi connectivity index (χ2v) is 6.34. The number of aryl methyl sites for hydroxylation is 1. The van der Waals surface area contributed by atoms with E-state index in [2.05, 4.69) is 10.6 Å². The van der Waals surface area contributed by atoms with Gasteiger partial charge in [0.1, 0.15) is 22.7 Å². The molecule has 2 aromatic rings. The summed E-state index contributed by atoms with van der Waals surface area (Å²) in [5.41, 5.74) is -0.0803. The molecule has 0 aliphatic carbocycles. The predicted molar refractivity (Wildman–Crippen MR) is 91.8 cm³/mol. The lowest BCUT2D eigenvalue weighted by Gasteiger charge is -2.23. The van der Waals surface area contributed by atoms with Crippen molar-refractivity contribution in [3.63, 3.8) is 0 Å². The summed E-state index contributed by atoms with van der Waals surface area (Å²) in [5, 5.41) is 4.82. The Morgan fingerprint density at radius 1 is 0.960 bits per heavy atom. The van der Waals surface area contributed by atoms with E-state index in [9.17, 15) is 18.4 Å². The number of benzene rings is 2. The summed E-state index contributed by atoms with van der Waals surface area (Å²) in [5.74, 6) is -3.13. The fourth-order valence-electron chi connectivity index (χ4n) is 2.10. The number of carbonyl (C=O) groups is 2. The molecule has 0 fully saturated rings. The molecular weight excluding hydrogens is 326 g/mol. The normalized spacial score (nSPS) is 11.1. The van der Waals surface area contributed by atoms with Gasteiger partial charge in [-0.25, -0.2) is 8.78 Å². The molecule has 0 aliphatic heterocycles. The molecule has 0 bridgehead atoms. The van der Waals surface area contributed by atoms with Gasteiger partial charge < -0.3 is 10.6 Å². The van der Waals surface area contributed by atoms with E-state index in [1.807, 2.05) is 31.2 Å². The highest BCUT2D eigenvalue weighted by atomic mass is 19.1. The zero-order chi connectivity index (χ0) is 18.6. The van der Waals surface area contributed by atoms with Crippen molar-refractivity contribution in [3.8, 4) is 0 Å². The Hall–Kier alpha value is -2.76. The van der Waals surface area contributed by atoms with Crippen LogP contribution in [0.4, 0.5) is 14.5 Å². The van der Waals surface area contributed by atoms with Crippen LogP contribution in [0, 0.1) is 24.0 Å². The van der Waals surface area contributed by atoms with Crippen LogP contribution in [0.15, 0.2) is 42.5 Å². The molecule has 25 heavy (non-hydrogen) atoms. The SMILES string of the molecule is Cc1ccc(CNC(=O)C(C)(C)C(=O)Nc2c(F)cccc2F)cc1. The van der Waals surface area contributed by atoms with Gasteiger partial charge >= 0.3 is 0 Å². The minimum Gasteiger partial charge on any atom is -0.351 e. The molecule has 0 radical (unpaired) electrons. The van der Waals surface area contributed by atoms with E-state index in [-0.39, 0.29) is 6.54 Å². The van der Waals surface area contributed by atoms with Gasteiger partial charge in [-0.3, -0.25) is 9.59 Å². The van der Waals surface area contributed by atoms with Crippen LogP contribution >= 0.6 is 0 Å². The van der Waals surface area contributed by atoms with Gasteiger partial charge in [0.25, 0.3) is 0 Å². The van der Waals surface area contributed by atoms with Crippen molar-refractivity contribution >= 4 is 17.5 Å². The molecule has 2 aromatic carbocycles. The van der Waals surface area contributed by atoms with E-state index >= 15 is 0 Å². The zero-order valence-corrected chi connectivity index (χ0v) is 14.3. The summed E-state index contributed by atoms with van der Waals surface area (Å²) in [7, 11) is 0. The van der Waals surface area contributed by atoms with Gasteiger partial charge in [-0.1, -0.05) is 35.9 Å². The number of rotatable bonds is 5. The molecule has 0 unspecified atom stereocenters. The number of amides is 2. The van der Waals surface area contributed by atoms with Gasteiger partial charge in [0, 0.05) is 6.54 Å². The fraction of sp³-hybridized carbons (Fsp3) is 0.263. The first-order valence-electron chi connectivity index (χ1n) is 7.81. The lowest BCUT2D eigenvalue weighted by molar-refractivity contribution is -0.138. The average molecular weight is 346 g/mol. The lowest BCUT2D eigenvalue weighted by Crippen LogP contribution is -2.45. The van der Waals surface area contributed by atoms with Crippen molar-refractivity contribution in [1.29, 1.82) is 0 Å². The monoisotopic (exact) mass is 346 g/mol. The van der Waals surface area contributed by atoms with E-state index < -0.39 is 34.6 Å². The van der Waals surface area contributed by atoms with Gasteiger partial charge in [-0.05, 0) is 38.5 Å². The van der Waals surface area contributed by atoms with E-state index in [0.29, 0.717) is 0 Å². The number of anilines is 1. The number of hydrogen-bond acceptors (Lipinski definition) is 2. The minimum absolute atomic E-state index is 0.254. The van der Waals surface area contributed by atoms with Crippen LogP contribution in [0.2, 0.25) is 0 Å². The Morgan fingerprint density at radius 3 is 2.08 bits per heavy atom. The molecule has 0 saturated heterocycles. The maximum Gasteiger partial charge on any atom is 0.239 e. The van der Waals surface area contributed by atoms with Crippen molar-refractivity contribution in [2.75, 3.05) is 5.32 Å². The third-order valence-electron chi connectivity index (χ3n) is 3.91. The van der Waals surface area contributed by atoms with Gasteiger partial charge in [-0.2, -0.15) is 0 Å². The Balaban J connectivity index is 2.04. The third kappa shape index (κ3) is 4.41. The molecule has 2 rings (SSSR count). The largest absolute Gasteiger partial charge is 0.351 e. The standard InChI is InChI=1S/C19H20F2N2O2/c1-12-7-9-13(10-8-12)11-22-17(24)19(2,3)18(25)23-16-14(20)5-4-6-15(16)21/h4-10H,11H2,1-3H3,(H,22,24)(H,23,25). The quantitative estimate of drug-likeness (QED) is 0.814. The molecule has 0 aliphatic rings. The molecule has 0 aromatic heterocycles. The van der Waals surface area contributed by atoms with E-state index in [0.717, 1.165) is 23.3 Å². The van der Waals surface area contributed by atoms with Crippen LogP contribution in [-0.2, 0) is 16.1 Å². The van der Waals surface area contributed by atoms with Crippen LogP contribution in [0.5, 0.6) is 0 Å². The number of hydrogen-bond donors (Lipinski definition) is 2. The molecule has 2 amide bonds. The highest BCUT2D eigenvalue weighted by molar-refractivity contribution is 6.09. The third-order valence-corrected chi connectivity index (χ3v) is 3.91. The molecule has 2 N–H and O–H groups in total. The molecule has 0 spiro atoms. The first kappa shape index (κ1) is 18.6. The summed E-state index contributed by atoms with van der Waals surface area (Å²) in [4.78, 5) is 24.7. The average Bonchev–Trinajstić information content (AvgIpc) is 2.57. The summed E-state index contributed by atoms with van der Waals surface area (Å²) in [6.07, 6.45) is 0. The van der Waals surface area contributed by atoms with E-state index in [1.54, 1.807) is 0 Å². The first-order chi connectivity index (χ1) is 11.7. The van der Waals surface area contributed by atoms with Gasteiger partial charge in [0.15, 0.2) is 0 Å². The number of para-hydroxylation sites is 1. The topological polar surface area (TPSA) is 58.2 Å². The van der Waals surface area contributed by atoms with Crippen molar-refractivity contribution in [1.82, 2.24) is 5.32 Å². The second kappa shape index (κ2) is 7.42. The summed E-state index contributed by atoms with van der Waals surface area (Å²) in [6.45, 7) is 5.00. The number of carbonyl (C=O) groups excluding carboxylic acids is 2. The smallest absolute Gasteiger partial charge is 0.239 e. The molecule has 0 atom stereocenters. The highest BCUT2D eigenvalue weighted by Gasteiger charge is 2.36. The summed E-state index contributed by atoms with van der Waals surface area (Å²) in [6, 6.07) is 10.8. The van der Waals surface area contributed by atoms with Crippen molar-refractivity contribution < 1.29 is 18.4 Å². The van der Waals surface area contributed by atoms with Crippen molar-refractivity contribution in [2.24, 2.45) is 5.41 Å². The Morgan fingerprint density at radius 2 is 1.52 bits per heavy atom. The van der Waals surface area contributed by atoms with Gasteiger partial charge in [0.05, 0.1) is 0 Å². The van der Waals surface area contributed by atoms with Crippen LogP contribution in [0.1, 0.15) is 25.0 Å². The molecule has 4 nitrogen and oxygen atoms in total. The Bertz CT molecular complexity index is 766. The predicted octanol–water partition coefficient (Wildman–Crippen LogP) is 3.55. The summed E-state index contributed by atoms with van der Waals surface area (Å²) < 4.78 is 27.3. The molecule has 0 saturated carbocycles. The van der Waals surface area contributed by atoms with Gasteiger partial charge in [0.2, 0.25) is 11.8 Å². The second-order valence-electron chi connectivity index (χ2n) is 6.34. The lowest BCUT2D eigenvalue weighted by atomic mass is 9.90. The number of halogens is 2. The Labute approximate surface area is 145 Å². The molecule has 0 heterocycles. The first-order valence-corrected chi connectivity index (χ1v) is 7.81. The van der Waals surface area contributed by atoms with Crippen LogP contribution in [0.3, 0.4) is 0 Å². The zero-order valence-electron chi connectivity index (χ0n) is 14.3. The van der Waals surface area contributed by atoms with E-state index in [1.165, 1.54) is 19.9 Å². The van der Waals surface area contributed by atoms with Crippen molar-refractivity contribution in [3.05, 3.63) is 65.2 Å². The molecular formula is C19H20F2N2O2. The van der Waals surface area contributed by atoms with Crippen molar-refractivity contribution in [2.45, 2.75) is 27.3 Å². The minimum atomic E-state index is -1.50. The van der Waals surface area contributed by atoms with Gasteiger partial charge in [-0.15, -0.1) is 0 Å². The highest BCUT2D eigenvalue weighted by Crippen LogP contribution is 2.23. The molecule has 6 heteroatoms. The van der Waals surface area contributed by atoms with Crippen LogP contribution < -0.4 is 10.6 Å². The maximum absolute atomic E-state index is 13.6. The number of nitrogens with one attached hydrogen (secondary N) is 2. The molecule has 132 valence electrons. The fourth-order valence-corrected chi connectivity index (χ4v) is 2.10. The van der Waals surface area contributed by atoms with Crippen LogP contribution in [0.25, 0.3) is 0 Å². The van der Waals surface area contributed by atoms with E-state index in [4.69, 9.17) is 0 Å². The summed E-state index contributed by atoms with van der Waals surface area (Å²) >= 11 is 0.